The van der Waals surface area contributed by atoms with Crippen LogP contribution in [0, 0.1) is 0 Å². The van der Waals surface area contributed by atoms with E-state index in [0.717, 1.165) is 17.5 Å². The van der Waals surface area contributed by atoms with Gasteiger partial charge in [0.15, 0.2) is 0 Å². The fraction of sp³-hybridized carbons (Fsp3) is 1.00. The van der Waals surface area contributed by atoms with Gasteiger partial charge in [-0.2, -0.15) is 0 Å². The topological polar surface area (TPSA) is 47.9 Å². The normalized spacial score (nSPS) is 13.0. The number of aliphatic hydroxyl groups excluding tert-OH is 1. The maximum Gasteiger partial charge on any atom is 0.126 e. The van der Waals surface area contributed by atoms with Crippen LogP contribution >= 0.6 is 0 Å². The molecule has 0 aromatic carbocycles. The van der Waals surface area contributed by atoms with E-state index in [9.17, 15) is 5.11 Å². The Morgan fingerprint density at radius 2 is 0.879 bits per heavy atom. The third-order valence-corrected chi connectivity index (χ3v) is 5.95. The van der Waals surface area contributed by atoms with Gasteiger partial charge in [-0.05, 0) is 6.42 Å². The van der Waals surface area contributed by atoms with E-state index < -0.39 is 6.10 Å². The summed E-state index contributed by atoms with van der Waals surface area (Å²) in [6.45, 7) is 6.54. The summed E-state index contributed by atoms with van der Waals surface area (Å²) in [7, 11) is 6.19. The van der Waals surface area contributed by atoms with Crippen LogP contribution in [0.4, 0.5) is 0 Å². The molecule has 0 saturated carbocycles. The third-order valence-electron chi connectivity index (χ3n) is 5.95. The van der Waals surface area contributed by atoms with Crippen LogP contribution in [-0.2, 0) is 14.2 Å². The number of hydrogen-bond donors (Lipinski definition) is 1. The molecule has 0 rings (SSSR count). The number of likely N-dealkylation sites (N-methyl/N-ethyl adjacent to an activating group) is 1. The molecule has 0 fully saturated rings. The van der Waals surface area contributed by atoms with Gasteiger partial charge in [0.25, 0.3) is 0 Å². The Morgan fingerprint density at radius 1 is 0.515 bits per heavy atom. The van der Waals surface area contributed by atoms with Crippen molar-refractivity contribution in [2.75, 3.05) is 67.3 Å². The number of hydrogen-bond acceptors (Lipinski definition) is 4. The van der Waals surface area contributed by atoms with Crippen molar-refractivity contribution >= 4 is 0 Å². The van der Waals surface area contributed by atoms with Crippen molar-refractivity contribution < 1.29 is 23.8 Å². The van der Waals surface area contributed by atoms with E-state index in [2.05, 4.69) is 28.1 Å². The Labute approximate surface area is 207 Å². The van der Waals surface area contributed by atoms with Crippen LogP contribution < -0.4 is 0 Å². The smallest absolute Gasteiger partial charge is 0.126 e. The Balaban J connectivity index is 3.09. The van der Waals surface area contributed by atoms with E-state index >= 15 is 0 Å². The van der Waals surface area contributed by atoms with Crippen molar-refractivity contribution in [1.82, 2.24) is 0 Å². The lowest BCUT2D eigenvalue weighted by molar-refractivity contribution is -0.873. The van der Waals surface area contributed by atoms with Gasteiger partial charge in [0.2, 0.25) is 0 Å². The van der Waals surface area contributed by atoms with Crippen LogP contribution in [0.2, 0.25) is 0 Å². The van der Waals surface area contributed by atoms with E-state index in [1.54, 1.807) is 0 Å². The summed E-state index contributed by atoms with van der Waals surface area (Å²) < 4.78 is 17.4. The Kier molecular flexibility index (Phi) is 24.8. The zero-order valence-corrected chi connectivity index (χ0v) is 23.0. The average Bonchev–Trinajstić information content (AvgIpc) is 2.75. The molecule has 5 nitrogen and oxygen atoms in total. The van der Waals surface area contributed by atoms with E-state index in [1.165, 1.54) is 96.3 Å². The first-order valence-corrected chi connectivity index (χ1v) is 14.2. The van der Waals surface area contributed by atoms with Crippen LogP contribution in [0.15, 0.2) is 0 Å². The largest absolute Gasteiger partial charge is 0.385 e. The Morgan fingerprint density at radius 3 is 1.30 bits per heavy atom. The molecule has 0 aliphatic heterocycles. The van der Waals surface area contributed by atoms with Gasteiger partial charge in [0.1, 0.15) is 12.6 Å². The van der Waals surface area contributed by atoms with Crippen LogP contribution in [0.5, 0.6) is 0 Å². The van der Waals surface area contributed by atoms with Gasteiger partial charge >= 0.3 is 0 Å². The highest BCUT2D eigenvalue weighted by Gasteiger charge is 2.15. The van der Waals surface area contributed by atoms with Crippen molar-refractivity contribution in [1.29, 1.82) is 0 Å². The van der Waals surface area contributed by atoms with Crippen molar-refractivity contribution in [2.45, 2.75) is 116 Å². The Bertz CT molecular complexity index is 373. The zero-order chi connectivity index (χ0) is 24.5. The average molecular weight is 475 g/mol. The molecule has 0 aliphatic rings. The second-order valence-corrected chi connectivity index (χ2v) is 10.7. The number of unbranched alkanes of at least 4 members (excludes halogenated alkanes) is 15. The molecule has 0 bridgehead atoms. The standard InChI is InChI=1S/C28H60NO4/c1-5-6-7-8-9-10-11-12-13-14-15-16-17-18-19-20-21-31-22-23-32-24-25-33-27-28(30)26-29(2,3)4/h28,30H,5-27H2,1-4H3/q+1. The molecular weight excluding hydrogens is 414 g/mol. The van der Waals surface area contributed by atoms with Crippen molar-refractivity contribution in [3.8, 4) is 0 Å². The van der Waals surface area contributed by atoms with E-state index in [1.807, 2.05) is 0 Å². The van der Waals surface area contributed by atoms with Crippen molar-refractivity contribution in [3.05, 3.63) is 0 Å². The summed E-state index contributed by atoms with van der Waals surface area (Å²) in [5.41, 5.74) is 0. The maximum atomic E-state index is 9.86. The van der Waals surface area contributed by atoms with E-state index in [0.29, 0.717) is 39.6 Å². The molecular formula is C28H60NO4+. The molecule has 0 amide bonds. The summed E-state index contributed by atoms with van der Waals surface area (Å²) in [4.78, 5) is 0. The summed E-state index contributed by atoms with van der Waals surface area (Å²) in [5.74, 6) is 0. The second kappa shape index (κ2) is 24.9. The molecule has 5 heteroatoms. The first kappa shape index (κ1) is 32.8. The second-order valence-electron chi connectivity index (χ2n) is 10.7. The van der Waals surface area contributed by atoms with Gasteiger partial charge in [-0.1, -0.05) is 103 Å². The molecule has 0 saturated heterocycles. The molecule has 0 heterocycles. The molecule has 1 N–H and O–H groups in total. The molecule has 1 unspecified atom stereocenters. The molecule has 0 aromatic heterocycles. The first-order valence-electron chi connectivity index (χ1n) is 14.2. The highest BCUT2D eigenvalue weighted by molar-refractivity contribution is 4.51. The lowest BCUT2D eigenvalue weighted by Gasteiger charge is -2.26. The Hall–Kier alpha value is -0.200. The quantitative estimate of drug-likeness (QED) is 0.111. The van der Waals surface area contributed by atoms with Crippen LogP contribution in [0.3, 0.4) is 0 Å². The maximum absolute atomic E-state index is 9.86. The number of ether oxygens (including phenoxy) is 3. The zero-order valence-electron chi connectivity index (χ0n) is 23.0. The predicted octanol–water partition coefficient (Wildman–Crippen LogP) is 6.36. The highest BCUT2D eigenvalue weighted by atomic mass is 16.5. The van der Waals surface area contributed by atoms with Crippen LogP contribution in [-0.4, -0.2) is 83.0 Å². The van der Waals surface area contributed by atoms with Gasteiger partial charge in [-0.25, -0.2) is 0 Å². The van der Waals surface area contributed by atoms with Gasteiger partial charge in [0.05, 0.1) is 54.2 Å². The molecule has 0 aromatic rings. The highest BCUT2D eigenvalue weighted by Crippen LogP contribution is 2.13. The van der Waals surface area contributed by atoms with Gasteiger partial charge < -0.3 is 23.8 Å². The summed E-state index contributed by atoms with van der Waals surface area (Å²) >= 11 is 0. The lowest BCUT2D eigenvalue weighted by Crippen LogP contribution is -2.43. The van der Waals surface area contributed by atoms with Crippen LogP contribution in [0.1, 0.15) is 110 Å². The SMILES string of the molecule is CCCCCCCCCCCCCCCCCCOCCOCCOCC(O)C[N+](C)(C)C. The van der Waals surface area contributed by atoms with E-state index in [-0.39, 0.29) is 0 Å². The van der Waals surface area contributed by atoms with Gasteiger partial charge in [0, 0.05) is 6.61 Å². The number of aliphatic hydroxyl groups is 1. The molecule has 0 aliphatic carbocycles. The molecule has 1 atom stereocenters. The minimum absolute atomic E-state index is 0.370. The fourth-order valence-corrected chi connectivity index (χ4v) is 4.10. The van der Waals surface area contributed by atoms with Crippen molar-refractivity contribution in [2.24, 2.45) is 0 Å². The minimum Gasteiger partial charge on any atom is -0.385 e. The summed E-state index contributed by atoms with van der Waals surface area (Å²) in [5, 5.41) is 9.86. The lowest BCUT2D eigenvalue weighted by atomic mass is 10.0. The van der Waals surface area contributed by atoms with Gasteiger partial charge in [-0.15, -0.1) is 0 Å². The fourth-order valence-electron chi connectivity index (χ4n) is 4.10. The van der Waals surface area contributed by atoms with Gasteiger partial charge in [-0.3, -0.25) is 0 Å². The molecule has 33 heavy (non-hydrogen) atoms. The summed E-state index contributed by atoms with van der Waals surface area (Å²) in [6.07, 6.45) is 21.9. The number of nitrogens with zero attached hydrogens (tertiary/aromatic N) is 1. The van der Waals surface area contributed by atoms with Crippen LogP contribution in [0.25, 0.3) is 0 Å². The monoisotopic (exact) mass is 474 g/mol. The summed E-state index contributed by atoms with van der Waals surface area (Å²) in [6, 6.07) is 0. The number of rotatable bonds is 27. The third kappa shape index (κ3) is 29.8. The van der Waals surface area contributed by atoms with Crippen molar-refractivity contribution in [3.63, 3.8) is 0 Å². The minimum atomic E-state index is -0.423. The molecule has 0 radical (unpaired) electrons. The molecule has 200 valence electrons. The molecule has 0 spiro atoms. The van der Waals surface area contributed by atoms with E-state index in [4.69, 9.17) is 14.2 Å². The predicted molar refractivity (Wildman–Crippen MR) is 141 cm³/mol. The first-order chi connectivity index (χ1) is 16.0. The number of quaternary nitrogens is 1.